The Hall–Kier alpha value is -0.413. The average Bonchev–Trinajstić information content (AvgIpc) is 3.35. The number of unbranched alkanes of at least 4 members (excludes halogenated alkanes) is 1. The van der Waals surface area contributed by atoms with Crippen LogP contribution in [0.25, 0.3) is 12.2 Å². The summed E-state index contributed by atoms with van der Waals surface area (Å²) in [7, 11) is 16.6. The monoisotopic (exact) mass is 650 g/mol. The zero-order valence-electron chi connectivity index (χ0n) is 20.1. The average molecular weight is 650 g/mol. The predicted octanol–water partition coefficient (Wildman–Crippen LogP) is 9.27. The van der Waals surface area contributed by atoms with Crippen molar-refractivity contribution < 1.29 is 14.8 Å². The van der Waals surface area contributed by atoms with E-state index in [4.69, 9.17) is 17.2 Å². The molecule has 2 aliphatic rings. The zero-order valence-corrected chi connectivity index (χ0v) is 26.4. The van der Waals surface area contributed by atoms with Crippen molar-refractivity contribution in [3.05, 3.63) is 80.9 Å². The van der Waals surface area contributed by atoms with Gasteiger partial charge in [-0.1, -0.05) is 0 Å². The van der Waals surface area contributed by atoms with Crippen molar-refractivity contribution >= 4 is 35.5 Å². The van der Waals surface area contributed by atoms with Gasteiger partial charge in [0.05, 0.1) is 0 Å². The van der Waals surface area contributed by atoms with Crippen LogP contribution in [0.5, 0.6) is 0 Å². The SMILES string of the molecule is CCCC[SiH]=[Hf]([Cl])([Cl])([CH]1C(CC)=Cc2c(C)cccc21)[CH]1C(CC)=Cc2c(C)cccc21. The van der Waals surface area contributed by atoms with Crippen molar-refractivity contribution in [2.75, 3.05) is 0 Å². The molecule has 2 aromatic carbocycles. The number of aryl methyl sites for hydroxylation is 2. The maximum atomic E-state index is 8.29. The van der Waals surface area contributed by atoms with Crippen LogP contribution in [0.4, 0.5) is 0 Å². The van der Waals surface area contributed by atoms with Crippen LogP contribution in [-0.2, 0) is 14.8 Å². The number of fused-ring (bicyclic) bond motifs is 2. The first-order chi connectivity index (χ1) is 15.3. The molecule has 4 heteroatoms. The molecule has 0 nitrogen and oxygen atoms in total. The molecule has 0 heterocycles. The number of allylic oxidation sites excluding steroid dienone is 2. The molecule has 0 N–H and O–H groups in total. The van der Waals surface area contributed by atoms with Crippen LogP contribution in [-0.4, -0.2) is 6.22 Å². The molecule has 2 unspecified atom stereocenters. The van der Waals surface area contributed by atoms with E-state index in [2.05, 4.69) is 83.2 Å². The summed E-state index contributed by atoms with van der Waals surface area (Å²) in [6.45, 7) is 11.3. The van der Waals surface area contributed by atoms with Crippen LogP contribution in [0.3, 0.4) is 0 Å². The van der Waals surface area contributed by atoms with Gasteiger partial charge < -0.3 is 0 Å². The van der Waals surface area contributed by atoms with Crippen LogP contribution in [0.2, 0.25) is 6.04 Å². The molecule has 0 aromatic heterocycles. The Balaban J connectivity index is 2.04. The van der Waals surface area contributed by atoms with Crippen molar-refractivity contribution in [3.8, 4) is 0 Å². The van der Waals surface area contributed by atoms with Crippen LogP contribution in [0.1, 0.15) is 87.2 Å². The number of rotatable bonds is 7. The van der Waals surface area contributed by atoms with Gasteiger partial charge in [-0.3, -0.25) is 0 Å². The Morgan fingerprint density at radius 2 is 1.25 bits per heavy atom. The zero-order chi connectivity index (χ0) is 23.1. The molecule has 0 radical (unpaired) electrons. The van der Waals surface area contributed by atoms with Gasteiger partial charge in [0.2, 0.25) is 0 Å². The molecule has 2 aromatic rings. The van der Waals surface area contributed by atoms with Gasteiger partial charge in [0.25, 0.3) is 0 Å². The molecule has 0 aliphatic heterocycles. The minimum absolute atomic E-state index is 0.00682. The van der Waals surface area contributed by atoms with Crippen molar-refractivity contribution in [1.82, 2.24) is 0 Å². The van der Waals surface area contributed by atoms with E-state index in [1.54, 1.807) is 0 Å². The van der Waals surface area contributed by atoms with Gasteiger partial charge in [-0.2, -0.15) is 0 Å². The summed E-state index contributed by atoms with van der Waals surface area (Å²) in [5.41, 5.74) is 11.3. The molecule has 0 fully saturated rings. The fourth-order valence-corrected chi connectivity index (χ4v) is 55.7. The first-order valence-corrected chi connectivity index (χ1v) is 32.9. The predicted molar refractivity (Wildman–Crippen MR) is 143 cm³/mol. The molecule has 0 amide bonds. The van der Waals surface area contributed by atoms with E-state index >= 15 is 0 Å². The molecule has 0 saturated heterocycles. The quantitative estimate of drug-likeness (QED) is 0.207. The van der Waals surface area contributed by atoms with E-state index in [9.17, 15) is 0 Å². The molecule has 2 aliphatic carbocycles. The van der Waals surface area contributed by atoms with Gasteiger partial charge in [-0.05, 0) is 0 Å². The fraction of sp³-hybridized carbons (Fsp3) is 0.429. The molecule has 4 rings (SSSR count). The van der Waals surface area contributed by atoms with E-state index < -0.39 is 14.8 Å². The van der Waals surface area contributed by atoms with E-state index in [1.807, 2.05) is 0 Å². The Morgan fingerprint density at radius 3 is 1.66 bits per heavy atom. The van der Waals surface area contributed by atoms with Crippen molar-refractivity contribution in [2.45, 2.75) is 73.7 Å². The third kappa shape index (κ3) is 3.92. The van der Waals surface area contributed by atoms with E-state index in [0.29, 0.717) is 0 Å². The first kappa shape index (κ1) is 24.7. The molecule has 170 valence electrons. The van der Waals surface area contributed by atoms with E-state index in [0.717, 1.165) is 12.8 Å². The Labute approximate surface area is 203 Å². The van der Waals surface area contributed by atoms with E-state index in [-0.39, 0.29) is 13.6 Å². The molecule has 0 spiro atoms. The summed E-state index contributed by atoms with van der Waals surface area (Å²) in [6.07, 6.45) is 9.38. The molecule has 0 saturated carbocycles. The molecule has 0 bridgehead atoms. The summed E-state index contributed by atoms with van der Waals surface area (Å²) < 4.78 is 0.488. The topological polar surface area (TPSA) is 0 Å². The summed E-state index contributed by atoms with van der Waals surface area (Å²) in [6, 6.07) is 14.7. The molecule has 2 atom stereocenters. The first-order valence-electron chi connectivity index (χ1n) is 12.3. The fourth-order valence-electron chi connectivity index (χ4n) is 6.14. The second-order valence-corrected chi connectivity index (χ2v) is 59.7. The van der Waals surface area contributed by atoms with Gasteiger partial charge in [0.15, 0.2) is 0 Å². The molecular formula is C28H36Cl2HfSi. The van der Waals surface area contributed by atoms with Crippen LogP contribution >= 0.6 is 17.2 Å². The Morgan fingerprint density at radius 1 is 0.781 bits per heavy atom. The number of hydrogen-bond donors (Lipinski definition) is 0. The third-order valence-electron chi connectivity index (χ3n) is 7.75. The third-order valence-corrected chi connectivity index (χ3v) is 53.8. The number of hydrogen-bond acceptors (Lipinski definition) is 0. The minimum atomic E-state index is -4.61. The molecule has 32 heavy (non-hydrogen) atoms. The Bertz CT molecular complexity index is 1100. The van der Waals surface area contributed by atoms with Crippen LogP contribution in [0, 0.1) is 13.8 Å². The van der Waals surface area contributed by atoms with Gasteiger partial charge >= 0.3 is 205 Å². The van der Waals surface area contributed by atoms with Gasteiger partial charge in [-0.15, -0.1) is 0 Å². The van der Waals surface area contributed by atoms with E-state index in [1.165, 1.54) is 63.4 Å². The van der Waals surface area contributed by atoms with Crippen molar-refractivity contribution in [3.63, 3.8) is 0 Å². The normalized spacial score (nSPS) is 20.0. The van der Waals surface area contributed by atoms with Crippen LogP contribution in [0.15, 0.2) is 47.5 Å². The summed E-state index contributed by atoms with van der Waals surface area (Å²) in [4.78, 5) is 0. The summed E-state index contributed by atoms with van der Waals surface area (Å²) in [5.74, 6) is 0. The number of benzene rings is 2. The van der Waals surface area contributed by atoms with Crippen molar-refractivity contribution in [1.29, 1.82) is 0 Å². The number of halogens is 2. The summed E-state index contributed by atoms with van der Waals surface area (Å²) >= 11 is -4.61. The van der Waals surface area contributed by atoms with Gasteiger partial charge in [0, 0.05) is 0 Å². The van der Waals surface area contributed by atoms with Crippen molar-refractivity contribution in [2.24, 2.45) is 0 Å². The van der Waals surface area contributed by atoms with Crippen LogP contribution < -0.4 is 0 Å². The second-order valence-electron chi connectivity index (χ2n) is 9.74. The maximum absolute atomic E-state index is 8.29. The standard InChI is InChI=1S/2C12H13.C4H10Si.2ClH.Hf/c2*1-3-10-7-11-6-4-5-9(2)12(11)8-10;1-2-3-4-5;;;/h2*4-8H,3H2,1-2H3;5H,2-4H2,1H3;2*1H;/q;;;;;+2/p-2. The molecular weight excluding hydrogens is 614 g/mol. The second kappa shape index (κ2) is 9.32. The Kier molecular flexibility index (Phi) is 7.20. The van der Waals surface area contributed by atoms with Gasteiger partial charge in [0.1, 0.15) is 0 Å². The van der Waals surface area contributed by atoms with Gasteiger partial charge in [-0.25, -0.2) is 0 Å². The summed E-state index contributed by atoms with van der Waals surface area (Å²) in [5, 5.41) is 0.